The van der Waals surface area contributed by atoms with Crippen molar-refractivity contribution < 1.29 is 18.5 Å². The lowest BCUT2D eigenvalue weighted by atomic mass is 10.1. The number of hydrogen-bond acceptors (Lipinski definition) is 3. The van der Waals surface area contributed by atoms with Gasteiger partial charge in [-0.05, 0) is 32.1 Å². The molecule has 0 saturated carbocycles. The molecule has 4 nitrogen and oxygen atoms in total. The fraction of sp³-hybridized carbons (Fsp3) is 0.929. The van der Waals surface area contributed by atoms with Gasteiger partial charge in [0, 0.05) is 12.6 Å². The van der Waals surface area contributed by atoms with Crippen molar-refractivity contribution in [3.8, 4) is 0 Å². The van der Waals surface area contributed by atoms with E-state index in [0.29, 0.717) is 13.0 Å². The van der Waals surface area contributed by atoms with E-state index in [2.05, 4.69) is 40.2 Å². The molecule has 33 heavy (non-hydrogen) atoms. The van der Waals surface area contributed by atoms with Gasteiger partial charge >= 0.3 is 0 Å². The summed E-state index contributed by atoms with van der Waals surface area (Å²) in [5.41, 5.74) is 0. The first-order valence-corrected chi connectivity index (χ1v) is 15.9. The molecule has 198 valence electrons. The van der Waals surface area contributed by atoms with Gasteiger partial charge in [0.15, 0.2) is 0 Å². The Balaban J connectivity index is 3.29. The van der Waals surface area contributed by atoms with Crippen molar-refractivity contribution in [3.63, 3.8) is 0 Å². The number of rotatable bonds is 25. The Labute approximate surface area is 207 Å². The number of unbranched alkanes of at least 4 members (excludes halogenated alkanes) is 16. The topological polar surface area (TPSA) is 49.4 Å². The van der Waals surface area contributed by atoms with Crippen LogP contribution in [0.2, 0.25) is 0 Å². The molecule has 1 unspecified atom stereocenters. The third-order valence-electron chi connectivity index (χ3n) is 6.21. The molecular weight excluding hydrogens is 429 g/mol. The monoisotopic (exact) mass is 487 g/mol. The molecule has 5 heteroatoms. The zero-order chi connectivity index (χ0) is 24.7. The summed E-state index contributed by atoms with van der Waals surface area (Å²) in [6, 6.07) is 0. The second-order valence-electron chi connectivity index (χ2n) is 10.9. The number of nitrogens with zero attached hydrogens (tertiary/aromatic N) is 1. The molecule has 0 spiro atoms. The fourth-order valence-electron chi connectivity index (χ4n) is 4.06. The Hall–Kier alpha value is -0.150. The van der Waals surface area contributed by atoms with Crippen LogP contribution in [0.3, 0.4) is 0 Å². The summed E-state index contributed by atoms with van der Waals surface area (Å²) < 4.78 is 17.9. The normalized spacial score (nSPS) is 14.2. The third-order valence-corrected chi connectivity index (χ3v) is 7.64. The minimum Gasteiger partial charge on any atom is -0.778 e. The van der Waals surface area contributed by atoms with E-state index in [1.807, 2.05) is 0 Å². The van der Waals surface area contributed by atoms with Crippen molar-refractivity contribution in [3.05, 3.63) is 12.2 Å². The lowest BCUT2D eigenvalue weighted by Gasteiger charge is -2.27. The first-order valence-electron chi connectivity index (χ1n) is 14.2. The minimum atomic E-state index is -3.64. The first kappa shape index (κ1) is 32.8. The maximum Gasteiger partial charge on any atom is 0.135 e. The summed E-state index contributed by atoms with van der Waals surface area (Å²) in [4.78, 5) is 11.9. The lowest BCUT2D eigenvalue weighted by Crippen LogP contribution is -2.35. The predicted octanol–water partition coefficient (Wildman–Crippen LogP) is 8.25. The van der Waals surface area contributed by atoms with Crippen LogP contribution in [0.15, 0.2) is 12.2 Å². The Morgan fingerprint density at radius 1 is 0.667 bits per heavy atom. The summed E-state index contributed by atoms with van der Waals surface area (Å²) in [7, 11) is 2.59. The molecule has 0 aromatic carbocycles. The van der Waals surface area contributed by atoms with Crippen LogP contribution in [0.25, 0.3) is 0 Å². The average molecular weight is 488 g/mol. The maximum atomic E-state index is 11.9. The second kappa shape index (κ2) is 22.3. The Bertz CT molecular complexity index is 488. The smallest absolute Gasteiger partial charge is 0.135 e. The van der Waals surface area contributed by atoms with E-state index in [1.54, 1.807) is 0 Å². The molecule has 0 aromatic rings. The van der Waals surface area contributed by atoms with Crippen LogP contribution in [0.5, 0.6) is 0 Å². The predicted molar refractivity (Wildman–Crippen MR) is 144 cm³/mol. The van der Waals surface area contributed by atoms with Gasteiger partial charge in [-0.25, -0.2) is 0 Å². The highest BCUT2D eigenvalue weighted by molar-refractivity contribution is 7.51. The van der Waals surface area contributed by atoms with E-state index in [1.165, 1.54) is 103 Å². The van der Waals surface area contributed by atoms with Gasteiger partial charge in [-0.1, -0.05) is 103 Å². The summed E-state index contributed by atoms with van der Waals surface area (Å²) in [6.45, 7) is 3.49. The van der Waals surface area contributed by atoms with Gasteiger partial charge in [-0.15, -0.1) is 0 Å². The van der Waals surface area contributed by atoms with Crippen molar-refractivity contribution in [2.24, 2.45) is 0 Å². The van der Waals surface area contributed by atoms with E-state index in [0.717, 1.165) is 23.9 Å². The van der Waals surface area contributed by atoms with Gasteiger partial charge in [-0.3, -0.25) is 0 Å². The zero-order valence-electron chi connectivity index (χ0n) is 22.8. The third kappa shape index (κ3) is 28.0. The molecular formula is C28H58NO3P. The van der Waals surface area contributed by atoms with Crippen molar-refractivity contribution in [1.29, 1.82) is 0 Å². The average Bonchev–Trinajstić information content (AvgIpc) is 2.73. The van der Waals surface area contributed by atoms with Gasteiger partial charge < -0.3 is 18.5 Å². The molecule has 0 saturated heterocycles. The van der Waals surface area contributed by atoms with Crippen LogP contribution in [-0.4, -0.2) is 44.9 Å². The van der Waals surface area contributed by atoms with Gasteiger partial charge in [0.25, 0.3) is 0 Å². The van der Waals surface area contributed by atoms with E-state index >= 15 is 0 Å². The van der Waals surface area contributed by atoms with E-state index in [9.17, 15) is 9.46 Å². The molecule has 1 atom stereocenters. The largest absolute Gasteiger partial charge is 0.778 e. The molecule has 0 radical (unpaired) electrons. The van der Waals surface area contributed by atoms with Gasteiger partial charge in [0.2, 0.25) is 0 Å². The van der Waals surface area contributed by atoms with E-state index in [-0.39, 0.29) is 6.16 Å². The summed E-state index contributed by atoms with van der Waals surface area (Å²) in [6.07, 6.45) is 28.9. The molecule has 0 fully saturated rings. The van der Waals surface area contributed by atoms with Crippen LogP contribution in [0.1, 0.15) is 129 Å². The van der Waals surface area contributed by atoms with Crippen LogP contribution >= 0.6 is 7.60 Å². The van der Waals surface area contributed by atoms with Gasteiger partial charge in [0.05, 0.1) is 34.3 Å². The molecule has 0 heterocycles. The van der Waals surface area contributed by atoms with E-state index in [4.69, 9.17) is 4.52 Å². The van der Waals surface area contributed by atoms with Gasteiger partial charge in [0.1, 0.15) is 7.60 Å². The maximum absolute atomic E-state index is 11.9. The second-order valence-corrected chi connectivity index (χ2v) is 12.8. The number of allylic oxidation sites excluding steroid dienone is 2. The summed E-state index contributed by atoms with van der Waals surface area (Å²) in [5.74, 6) is 0. The van der Waals surface area contributed by atoms with Crippen molar-refractivity contribution in [2.75, 3.05) is 40.5 Å². The Morgan fingerprint density at radius 2 is 1.09 bits per heavy atom. The van der Waals surface area contributed by atoms with Crippen LogP contribution < -0.4 is 4.89 Å². The molecule has 0 aliphatic rings. The van der Waals surface area contributed by atoms with Crippen molar-refractivity contribution >= 4 is 7.60 Å². The minimum absolute atomic E-state index is 0.165. The molecule has 0 N–H and O–H groups in total. The lowest BCUT2D eigenvalue weighted by molar-refractivity contribution is -0.870. The molecule has 0 rings (SSSR count). The SMILES string of the molecule is CCCCCCCC/C=C\CCCCCCCCCCCCOP(=O)([O-])CCC[N+](C)(C)C. The Kier molecular flexibility index (Phi) is 22.2. The molecule has 0 bridgehead atoms. The highest BCUT2D eigenvalue weighted by atomic mass is 31.2. The van der Waals surface area contributed by atoms with Crippen LogP contribution in [0.4, 0.5) is 0 Å². The number of quaternary nitrogens is 1. The highest BCUT2D eigenvalue weighted by Gasteiger charge is 2.12. The van der Waals surface area contributed by atoms with Crippen molar-refractivity contribution in [1.82, 2.24) is 0 Å². The van der Waals surface area contributed by atoms with Gasteiger partial charge in [-0.2, -0.15) is 0 Å². The van der Waals surface area contributed by atoms with Crippen LogP contribution in [0, 0.1) is 0 Å². The van der Waals surface area contributed by atoms with Crippen molar-refractivity contribution in [2.45, 2.75) is 129 Å². The zero-order valence-corrected chi connectivity index (χ0v) is 23.7. The standard InChI is InChI=1S/C28H58NO3P/c1-5-6-7-8-9-10-11-12-13-14-15-16-17-18-19-20-21-22-23-24-27-32-33(30,31)28-25-26-29(2,3)4/h12-13H,5-11,14-28H2,1-4H3/b13-12-. The Morgan fingerprint density at radius 3 is 1.55 bits per heavy atom. The first-order chi connectivity index (χ1) is 15.8. The van der Waals surface area contributed by atoms with E-state index < -0.39 is 7.60 Å². The van der Waals surface area contributed by atoms with Crippen LogP contribution in [-0.2, 0) is 9.09 Å². The molecule has 0 amide bonds. The highest BCUT2D eigenvalue weighted by Crippen LogP contribution is 2.37. The summed E-state index contributed by atoms with van der Waals surface area (Å²) in [5, 5.41) is 0. The molecule has 0 aromatic heterocycles. The summed E-state index contributed by atoms with van der Waals surface area (Å²) >= 11 is 0. The quantitative estimate of drug-likeness (QED) is 0.0563. The molecule has 0 aliphatic heterocycles. The number of hydrogen-bond donors (Lipinski definition) is 0. The molecule has 0 aliphatic carbocycles. The fourth-order valence-corrected chi connectivity index (χ4v) is 5.13.